The fourth-order valence-corrected chi connectivity index (χ4v) is 2.39. The van der Waals surface area contributed by atoms with Gasteiger partial charge in [0.25, 0.3) is 0 Å². The Bertz CT molecular complexity index is 641. The monoisotopic (exact) mass is 366 g/mol. The van der Waals surface area contributed by atoms with Crippen LogP contribution in [-0.2, 0) is 0 Å². The van der Waals surface area contributed by atoms with Gasteiger partial charge in [-0.25, -0.2) is 4.39 Å². The first-order valence-electron chi connectivity index (χ1n) is 6.58. The molecule has 0 saturated carbocycles. The molecule has 0 fully saturated rings. The number of nitrogens with one attached hydrogen (secondary N) is 2. The van der Waals surface area contributed by atoms with Crippen molar-refractivity contribution < 1.29 is 4.39 Å². The highest BCUT2D eigenvalue weighted by atomic mass is 79.9. The van der Waals surface area contributed by atoms with E-state index in [9.17, 15) is 4.39 Å². The molecule has 0 atom stereocenters. The molecule has 0 aliphatic heterocycles. The van der Waals surface area contributed by atoms with Gasteiger partial charge in [-0.15, -0.1) is 0 Å². The van der Waals surface area contributed by atoms with Gasteiger partial charge in [-0.05, 0) is 54.0 Å². The second-order valence-corrected chi connectivity index (χ2v) is 6.30. The smallest absolute Gasteiger partial charge is 0.175 e. The van der Waals surface area contributed by atoms with Crippen molar-refractivity contribution in [2.75, 3.05) is 10.6 Å². The third kappa shape index (κ3) is 4.51. The van der Waals surface area contributed by atoms with Gasteiger partial charge in [-0.1, -0.05) is 41.9 Å². The number of halogens is 2. The normalized spacial score (nSPS) is 10.5. The van der Waals surface area contributed by atoms with Crippen LogP contribution in [0.2, 0.25) is 0 Å². The van der Waals surface area contributed by atoms with Gasteiger partial charge in [0.05, 0.1) is 5.69 Å². The molecule has 110 valence electrons. The Labute approximate surface area is 137 Å². The van der Waals surface area contributed by atoms with Crippen molar-refractivity contribution in [3.63, 3.8) is 0 Å². The maximum Gasteiger partial charge on any atom is 0.175 e. The average Bonchev–Trinajstić information content (AvgIpc) is 2.42. The molecule has 5 heteroatoms. The highest BCUT2D eigenvalue weighted by Crippen LogP contribution is 2.20. The van der Waals surface area contributed by atoms with Crippen molar-refractivity contribution in [1.82, 2.24) is 0 Å². The van der Waals surface area contributed by atoms with Gasteiger partial charge < -0.3 is 10.6 Å². The van der Waals surface area contributed by atoms with Crippen molar-refractivity contribution in [3.05, 3.63) is 58.3 Å². The summed E-state index contributed by atoms with van der Waals surface area (Å²) in [4.78, 5) is 0. The van der Waals surface area contributed by atoms with Crippen LogP contribution in [0.25, 0.3) is 0 Å². The van der Waals surface area contributed by atoms with Crippen molar-refractivity contribution in [2.24, 2.45) is 0 Å². The standard InChI is InChI=1S/C16H16BrFN2S/c1-10(2)11-3-6-13(7-4-11)19-16(21)20-15-8-5-12(17)9-14(15)18/h3-10H,1-2H3,(H2,19,20,21). The first kappa shape index (κ1) is 15.9. The zero-order valence-corrected chi connectivity index (χ0v) is 14.2. The summed E-state index contributed by atoms with van der Waals surface area (Å²) in [5.74, 6) is 0.129. The molecule has 0 aliphatic rings. The van der Waals surface area contributed by atoms with Gasteiger partial charge in [0.2, 0.25) is 0 Å². The predicted molar refractivity (Wildman–Crippen MR) is 94.5 cm³/mol. The minimum atomic E-state index is -0.358. The molecular formula is C16H16BrFN2S. The van der Waals surface area contributed by atoms with Gasteiger partial charge in [-0.2, -0.15) is 0 Å². The molecule has 0 spiro atoms. The molecule has 2 rings (SSSR count). The Hall–Kier alpha value is -1.46. The molecule has 2 N–H and O–H groups in total. The van der Waals surface area contributed by atoms with Crippen molar-refractivity contribution in [1.29, 1.82) is 0 Å². The number of hydrogen-bond donors (Lipinski definition) is 2. The first-order chi connectivity index (χ1) is 9.95. The quantitative estimate of drug-likeness (QED) is 0.699. The lowest BCUT2D eigenvalue weighted by Crippen LogP contribution is -2.19. The summed E-state index contributed by atoms with van der Waals surface area (Å²) in [6.45, 7) is 4.29. The van der Waals surface area contributed by atoms with E-state index in [-0.39, 0.29) is 5.82 Å². The molecule has 2 aromatic carbocycles. The molecule has 0 unspecified atom stereocenters. The number of benzene rings is 2. The van der Waals surface area contributed by atoms with Crippen LogP contribution in [0.1, 0.15) is 25.3 Å². The van der Waals surface area contributed by atoms with Crippen LogP contribution >= 0.6 is 28.1 Å². The second-order valence-electron chi connectivity index (χ2n) is 4.98. The van der Waals surface area contributed by atoms with Gasteiger partial charge in [0, 0.05) is 10.2 Å². The molecule has 21 heavy (non-hydrogen) atoms. The molecule has 0 radical (unpaired) electrons. The molecule has 0 aromatic heterocycles. The predicted octanol–water partition coefficient (Wildman–Crippen LogP) is 5.52. The van der Waals surface area contributed by atoms with E-state index in [1.807, 2.05) is 12.1 Å². The summed E-state index contributed by atoms with van der Waals surface area (Å²) in [6.07, 6.45) is 0. The van der Waals surface area contributed by atoms with E-state index in [2.05, 4.69) is 52.5 Å². The highest BCUT2D eigenvalue weighted by Gasteiger charge is 2.05. The van der Waals surface area contributed by atoms with Gasteiger partial charge in [-0.3, -0.25) is 0 Å². The number of hydrogen-bond acceptors (Lipinski definition) is 1. The van der Waals surface area contributed by atoms with Crippen LogP contribution in [0, 0.1) is 5.82 Å². The summed E-state index contributed by atoms with van der Waals surface area (Å²) < 4.78 is 14.4. The Kier molecular flexibility index (Phi) is 5.31. The molecule has 2 aromatic rings. The van der Waals surface area contributed by atoms with Crippen LogP contribution in [-0.4, -0.2) is 5.11 Å². The van der Waals surface area contributed by atoms with Crippen molar-refractivity contribution >= 4 is 44.6 Å². The lowest BCUT2D eigenvalue weighted by Gasteiger charge is -2.12. The zero-order chi connectivity index (χ0) is 15.4. The van der Waals surface area contributed by atoms with Crippen LogP contribution in [0.3, 0.4) is 0 Å². The fraction of sp³-hybridized carbons (Fsp3) is 0.188. The molecule has 0 amide bonds. The van der Waals surface area contributed by atoms with E-state index in [0.717, 1.165) is 5.69 Å². The lowest BCUT2D eigenvalue weighted by molar-refractivity contribution is 0.631. The Morgan fingerprint density at radius 3 is 2.33 bits per heavy atom. The molecule has 0 bridgehead atoms. The molecule has 0 heterocycles. The summed E-state index contributed by atoms with van der Waals surface area (Å²) >= 11 is 8.41. The number of rotatable bonds is 3. The number of thiocarbonyl (C=S) groups is 1. The highest BCUT2D eigenvalue weighted by molar-refractivity contribution is 9.10. The first-order valence-corrected chi connectivity index (χ1v) is 7.79. The van der Waals surface area contributed by atoms with Gasteiger partial charge >= 0.3 is 0 Å². The van der Waals surface area contributed by atoms with E-state index in [1.165, 1.54) is 11.6 Å². The van der Waals surface area contributed by atoms with Crippen LogP contribution in [0.5, 0.6) is 0 Å². The third-order valence-electron chi connectivity index (χ3n) is 3.01. The van der Waals surface area contributed by atoms with Crippen molar-refractivity contribution in [2.45, 2.75) is 19.8 Å². The van der Waals surface area contributed by atoms with E-state index < -0.39 is 0 Å². The number of anilines is 2. The van der Waals surface area contributed by atoms with E-state index in [4.69, 9.17) is 12.2 Å². The Morgan fingerprint density at radius 2 is 1.76 bits per heavy atom. The van der Waals surface area contributed by atoms with Crippen molar-refractivity contribution in [3.8, 4) is 0 Å². The fourth-order valence-electron chi connectivity index (χ4n) is 1.83. The van der Waals surface area contributed by atoms with Crippen LogP contribution in [0.4, 0.5) is 15.8 Å². The van der Waals surface area contributed by atoms with Crippen LogP contribution < -0.4 is 10.6 Å². The molecular weight excluding hydrogens is 351 g/mol. The second kappa shape index (κ2) is 7.00. The van der Waals surface area contributed by atoms with Crippen LogP contribution in [0.15, 0.2) is 46.9 Å². The maximum atomic E-state index is 13.7. The summed E-state index contributed by atoms with van der Waals surface area (Å²) in [5, 5.41) is 6.24. The van der Waals surface area contributed by atoms with E-state index >= 15 is 0 Å². The summed E-state index contributed by atoms with van der Waals surface area (Å²) in [6, 6.07) is 12.8. The minimum absolute atomic E-state index is 0.342. The topological polar surface area (TPSA) is 24.1 Å². The summed E-state index contributed by atoms with van der Waals surface area (Å²) in [5.41, 5.74) is 2.47. The summed E-state index contributed by atoms with van der Waals surface area (Å²) in [7, 11) is 0. The minimum Gasteiger partial charge on any atom is -0.332 e. The maximum absolute atomic E-state index is 13.7. The average molecular weight is 367 g/mol. The lowest BCUT2D eigenvalue weighted by atomic mass is 10.0. The Morgan fingerprint density at radius 1 is 1.10 bits per heavy atom. The molecule has 2 nitrogen and oxygen atoms in total. The molecule has 0 saturated heterocycles. The largest absolute Gasteiger partial charge is 0.332 e. The Balaban J connectivity index is 2.01. The van der Waals surface area contributed by atoms with Gasteiger partial charge in [0.15, 0.2) is 5.11 Å². The van der Waals surface area contributed by atoms with E-state index in [1.54, 1.807) is 12.1 Å². The van der Waals surface area contributed by atoms with E-state index in [0.29, 0.717) is 21.2 Å². The SMILES string of the molecule is CC(C)c1ccc(NC(=S)Nc2ccc(Br)cc2F)cc1. The third-order valence-corrected chi connectivity index (χ3v) is 3.71. The van der Waals surface area contributed by atoms with Gasteiger partial charge in [0.1, 0.15) is 5.82 Å². The zero-order valence-electron chi connectivity index (χ0n) is 11.8. The molecule has 0 aliphatic carbocycles.